The van der Waals surface area contributed by atoms with Gasteiger partial charge in [0.25, 0.3) is 0 Å². The third-order valence-electron chi connectivity index (χ3n) is 3.18. The Kier molecular flexibility index (Phi) is 6.55. The highest BCUT2D eigenvalue weighted by Crippen LogP contribution is 2.11. The van der Waals surface area contributed by atoms with Crippen LogP contribution < -0.4 is 0 Å². The Morgan fingerprint density at radius 3 is 1.83 bits per heavy atom. The van der Waals surface area contributed by atoms with Gasteiger partial charge in [-0.3, -0.25) is 0 Å². The highest BCUT2D eigenvalue weighted by Gasteiger charge is 2.05. The summed E-state index contributed by atoms with van der Waals surface area (Å²) in [6.45, 7) is 0.757. The molecule has 0 atom stereocenters. The van der Waals surface area contributed by atoms with Crippen LogP contribution in [0, 0.1) is 23.3 Å². The quantitative estimate of drug-likeness (QED) is 0.538. The summed E-state index contributed by atoms with van der Waals surface area (Å²) in [5.41, 5.74) is 0.639. The van der Waals surface area contributed by atoms with Crippen LogP contribution in [0.2, 0.25) is 0 Å². The van der Waals surface area contributed by atoms with E-state index in [4.69, 9.17) is 9.47 Å². The van der Waals surface area contributed by atoms with Crippen molar-refractivity contribution in [2.24, 2.45) is 0 Å². The summed E-state index contributed by atoms with van der Waals surface area (Å²) in [5.74, 6) is -2.51. The standard InChI is InChI=1S/C17H16F4O2/c18-14-3-1-12(16(20)9-14)5-6-22-7-8-23-11-13-2-4-15(19)10-17(13)21/h1-4,9-10H,5-8,11H2. The Balaban J connectivity index is 1.61. The van der Waals surface area contributed by atoms with Crippen LogP contribution in [0.3, 0.4) is 0 Å². The molecule has 0 saturated carbocycles. The molecule has 2 nitrogen and oxygen atoms in total. The van der Waals surface area contributed by atoms with Crippen molar-refractivity contribution in [1.29, 1.82) is 0 Å². The molecule has 0 spiro atoms. The normalized spacial score (nSPS) is 11.0. The molecular formula is C17H16F4O2. The van der Waals surface area contributed by atoms with Crippen molar-refractivity contribution in [3.8, 4) is 0 Å². The highest BCUT2D eigenvalue weighted by molar-refractivity contribution is 5.19. The summed E-state index contributed by atoms with van der Waals surface area (Å²) < 4.78 is 62.6. The first-order valence-corrected chi connectivity index (χ1v) is 7.09. The van der Waals surface area contributed by atoms with Crippen molar-refractivity contribution in [3.05, 3.63) is 70.8 Å². The maximum Gasteiger partial charge on any atom is 0.131 e. The molecule has 0 bridgehead atoms. The van der Waals surface area contributed by atoms with Crippen molar-refractivity contribution in [2.75, 3.05) is 19.8 Å². The summed E-state index contributed by atoms with van der Waals surface area (Å²) >= 11 is 0. The molecule has 0 fully saturated rings. The SMILES string of the molecule is Fc1ccc(CCOCCOCc2ccc(F)cc2F)c(F)c1. The lowest BCUT2D eigenvalue weighted by molar-refractivity contribution is 0.0405. The van der Waals surface area contributed by atoms with Crippen molar-refractivity contribution < 1.29 is 27.0 Å². The Morgan fingerprint density at radius 2 is 1.22 bits per heavy atom. The van der Waals surface area contributed by atoms with Gasteiger partial charge < -0.3 is 9.47 Å². The maximum absolute atomic E-state index is 13.4. The molecule has 0 aliphatic heterocycles. The number of hydrogen-bond acceptors (Lipinski definition) is 2. The van der Waals surface area contributed by atoms with Gasteiger partial charge in [0.2, 0.25) is 0 Å². The van der Waals surface area contributed by atoms with Crippen LogP contribution >= 0.6 is 0 Å². The van der Waals surface area contributed by atoms with Gasteiger partial charge in [-0.15, -0.1) is 0 Å². The second kappa shape index (κ2) is 8.64. The largest absolute Gasteiger partial charge is 0.379 e. The first kappa shape index (κ1) is 17.4. The third-order valence-corrected chi connectivity index (χ3v) is 3.18. The van der Waals surface area contributed by atoms with E-state index in [1.165, 1.54) is 18.2 Å². The van der Waals surface area contributed by atoms with E-state index >= 15 is 0 Å². The summed E-state index contributed by atoms with van der Waals surface area (Å²) in [5, 5.41) is 0. The van der Waals surface area contributed by atoms with Gasteiger partial charge in [0, 0.05) is 17.7 Å². The molecule has 0 amide bonds. The smallest absolute Gasteiger partial charge is 0.131 e. The number of halogens is 4. The average molecular weight is 328 g/mol. The van der Waals surface area contributed by atoms with Gasteiger partial charge in [0.15, 0.2) is 0 Å². The van der Waals surface area contributed by atoms with E-state index in [-0.39, 0.29) is 32.0 Å². The molecule has 0 radical (unpaired) electrons. The Morgan fingerprint density at radius 1 is 0.652 bits per heavy atom. The van der Waals surface area contributed by atoms with Gasteiger partial charge in [0.05, 0.1) is 26.4 Å². The highest BCUT2D eigenvalue weighted by atomic mass is 19.1. The van der Waals surface area contributed by atoms with E-state index in [1.54, 1.807) is 0 Å². The minimum atomic E-state index is -0.655. The predicted octanol–water partition coefficient (Wildman–Crippen LogP) is 4.02. The monoisotopic (exact) mass is 328 g/mol. The summed E-state index contributed by atoms with van der Waals surface area (Å²) in [6.07, 6.45) is 0.318. The van der Waals surface area contributed by atoms with E-state index in [1.807, 2.05) is 0 Å². The molecular weight excluding hydrogens is 312 g/mol. The molecule has 2 aromatic rings. The molecule has 0 saturated heterocycles. The van der Waals surface area contributed by atoms with Gasteiger partial charge in [-0.25, -0.2) is 17.6 Å². The number of hydrogen-bond donors (Lipinski definition) is 0. The average Bonchev–Trinajstić information content (AvgIpc) is 2.50. The molecule has 0 aromatic heterocycles. The molecule has 0 aliphatic rings. The van der Waals surface area contributed by atoms with Crippen molar-refractivity contribution in [3.63, 3.8) is 0 Å². The van der Waals surface area contributed by atoms with E-state index < -0.39 is 23.3 Å². The van der Waals surface area contributed by atoms with Crippen LogP contribution in [0.4, 0.5) is 17.6 Å². The minimum Gasteiger partial charge on any atom is -0.379 e. The van der Waals surface area contributed by atoms with E-state index in [2.05, 4.69) is 0 Å². The molecule has 0 N–H and O–H groups in total. The number of ether oxygens (including phenoxy) is 2. The molecule has 0 unspecified atom stereocenters. The lowest BCUT2D eigenvalue weighted by atomic mass is 10.1. The number of rotatable bonds is 8. The zero-order valence-corrected chi connectivity index (χ0v) is 12.3. The maximum atomic E-state index is 13.4. The van der Waals surface area contributed by atoms with Gasteiger partial charge in [-0.1, -0.05) is 12.1 Å². The summed E-state index contributed by atoms with van der Waals surface area (Å²) in [7, 11) is 0. The zero-order chi connectivity index (χ0) is 16.7. The fourth-order valence-corrected chi connectivity index (χ4v) is 1.95. The first-order chi connectivity index (χ1) is 11.1. The zero-order valence-electron chi connectivity index (χ0n) is 12.3. The summed E-state index contributed by atoms with van der Waals surface area (Å²) in [6, 6.07) is 6.68. The fourth-order valence-electron chi connectivity index (χ4n) is 1.95. The minimum absolute atomic E-state index is 0.0159. The Labute approximate surface area is 131 Å². The molecule has 0 aliphatic carbocycles. The molecule has 6 heteroatoms. The van der Waals surface area contributed by atoms with Gasteiger partial charge in [-0.2, -0.15) is 0 Å². The molecule has 124 valence electrons. The summed E-state index contributed by atoms with van der Waals surface area (Å²) in [4.78, 5) is 0. The van der Waals surface area contributed by atoms with E-state index in [9.17, 15) is 17.6 Å². The fraction of sp³-hybridized carbons (Fsp3) is 0.294. The van der Waals surface area contributed by atoms with Gasteiger partial charge in [0.1, 0.15) is 23.3 Å². The van der Waals surface area contributed by atoms with E-state index in [0.717, 1.165) is 18.2 Å². The van der Waals surface area contributed by atoms with Crippen molar-refractivity contribution in [2.45, 2.75) is 13.0 Å². The second-order valence-electron chi connectivity index (χ2n) is 4.89. The van der Waals surface area contributed by atoms with Crippen LogP contribution in [0.1, 0.15) is 11.1 Å². The van der Waals surface area contributed by atoms with Gasteiger partial charge in [-0.05, 0) is 24.1 Å². The number of benzene rings is 2. The Hall–Kier alpha value is -1.92. The Bertz CT molecular complexity index is 591. The van der Waals surface area contributed by atoms with Crippen LogP contribution in [-0.4, -0.2) is 19.8 Å². The van der Waals surface area contributed by atoms with Gasteiger partial charge >= 0.3 is 0 Å². The lowest BCUT2D eigenvalue weighted by Gasteiger charge is -2.07. The third kappa shape index (κ3) is 5.65. The van der Waals surface area contributed by atoms with Crippen LogP contribution in [0.25, 0.3) is 0 Å². The molecule has 2 rings (SSSR count). The van der Waals surface area contributed by atoms with Crippen molar-refractivity contribution >= 4 is 0 Å². The lowest BCUT2D eigenvalue weighted by Crippen LogP contribution is -2.08. The molecule has 2 aromatic carbocycles. The first-order valence-electron chi connectivity index (χ1n) is 7.09. The topological polar surface area (TPSA) is 18.5 Å². The second-order valence-corrected chi connectivity index (χ2v) is 4.89. The van der Waals surface area contributed by atoms with Crippen LogP contribution in [-0.2, 0) is 22.5 Å². The molecule has 23 heavy (non-hydrogen) atoms. The van der Waals surface area contributed by atoms with Crippen LogP contribution in [0.5, 0.6) is 0 Å². The van der Waals surface area contributed by atoms with E-state index in [0.29, 0.717) is 12.0 Å². The van der Waals surface area contributed by atoms with Crippen molar-refractivity contribution in [1.82, 2.24) is 0 Å². The molecule has 0 heterocycles. The van der Waals surface area contributed by atoms with Crippen LogP contribution in [0.15, 0.2) is 36.4 Å². The predicted molar refractivity (Wildman–Crippen MR) is 76.9 cm³/mol.